The number of aromatic nitrogens is 5. The van der Waals surface area contributed by atoms with Crippen molar-refractivity contribution < 1.29 is 19.1 Å². The van der Waals surface area contributed by atoms with Crippen LogP contribution in [-0.4, -0.2) is 71.2 Å². The fourth-order valence-electron chi connectivity index (χ4n) is 9.16. The Morgan fingerprint density at radius 3 is 1.98 bits per heavy atom. The Bertz CT molecular complexity index is 1960. The third-order valence-electron chi connectivity index (χ3n) is 11.9. The van der Waals surface area contributed by atoms with Gasteiger partial charge in [0.15, 0.2) is 0 Å². The number of hydrogen-bond donors (Lipinski definition) is 2. The molecule has 5 fully saturated rings. The highest BCUT2D eigenvalue weighted by molar-refractivity contribution is 5.84. The molecule has 2 atom stereocenters. The van der Waals surface area contributed by atoms with Crippen LogP contribution in [0, 0.1) is 0 Å². The van der Waals surface area contributed by atoms with E-state index in [-0.39, 0.29) is 35.1 Å². The lowest BCUT2D eigenvalue weighted by molar-refractivity contribution is 0.0208. The molecular formula is C41H53N7O4. The van der Waals surface area contributed by atoms with Gasteiger partial charge in [-0.25, -0.2) is 19.6 Å². The highest BCUT2D eigenvalue weighted by Crippen LogP contribution is 2.58. The van der Waals surface area contributed by atoms with Gasteiger partial charge in [0.25, 0.3) is 0 Å². The van der Waals surface area contributed by atoms with Crippen molar-refractivity contribution in [1.82, 2.24) is 34.7 Å². The first-order valence-corrected chi connectivity index (χ1v) is 19.2. The maximum absolute atomic E-state index is 13.0. The SMILES string of the molecule is CC(C)(C)OC(=O)N1CCCC1c1ncc(C23CCC(c4ccc5cc(-c6c[nH]c([C@@H]7CCCN7C(=O)OC(C)(C)C)n6)ccc5n4)(CC2)CC3)[nH]1. The number of pyridine rings is 1. The van der Waals surface area contributed by atoms with Gasteiger partial charge < -0.3 is 19.4 Å². The lowest BCUT2D eigenvalue weighted by Gasteiger charge is -2.53. The Balaban J connectivity index is 0.945. The lowest BCUT2D eigenvalue weighted by atomic mass is 9.52. The topological polar surface area (TPSA) is 129 Å². The zero-order valence-electron chi connectivity index (χ0n) is 31.6. The van der Waals surface area contributed by atoms with Crippen LogP contribution in [0.25, 0.3) is 22.2 Å². The highest BCUT2D eigenvalue weighted by atomic mass is 16.6. The second kappa shape index (κ2) is 12.6. The summed E-state index contributed by atoms with van der Waals surface area (Å²) in [5.74, 6) is 1.68. The average molecular weight is 708 g/mol. The van der Waals surface area contributed by atoms with E-state index in [1.165, 1.54) is 11.4 Å². The average Bonchev–Trinajstić information content (AvgIpc) is 3.93. The molecular weight excluding hydrogens is 654 g/mol. The van der Waals surface area contributed by atoms with Crippen molar-refractivity contribution in [3.63, 3.8) is 0 Å². The van der Waals surface area contributed by atoms with Gasteiger partial charge in [0, 0.05) is 58.7 Å². The number of nitrogens with zero attached hydrogens (tertiary/aromatic N) is 5. The largest absolute Gasteiger partial charge is 0.444 e. The molecule has 0 spiro atoms. The molecule has 3 saturated carbocycles. The number of carbonyl (C=O) groups is 2. The standard InChI is InChI=1S/C41H53N7O4/c1-38(2,3)51-36(49)47-21-7-9-30(47)34-42-24-29(45-34)27-11-13-28-26(23-27)12-14-32(44-28)40-15-18-41(19-16-40,20-17-40)33-25-43-35(46-33)31-10-8-22-48(31)37(50)52-39(4,5)6/h11-14,23-25,30-31H,7-10,15-22H2,1-6H3,(H,42,45)(H,43,46)/t30-,31?,40?,41?/m0/s1. The molecule has 3 aromatic heterocycles. The molecule has 52 heavy (non-hydrogen) atoms. The normalized spacial score (nSPS) is 26.3. The Hall–Kier alpha value is -4.41. The zero-order valence-corrected chi connectivity index (χ0v) is 31.6. The van der Waals surface area contributed by atoms with Crippen molar-refractivity contribution in [2.75, 3.05) is 13.1 Å². The fraction of sp³-hybridized carbons (Fsp3) is 0.585. The summed E-state index contributed by atoms with van der Waals surface area (Å²) in [4.78, 5) is 51.6. The van der Waals surface area contributed by atoms with Gasteiger partial charge in [-0.15, -0.1) is 0 Å². The van der Waals surface area contributed by atoms with E-state index in [1.54, 1.807) is 4.90 Å². The molecule has 2 N–H and O–H groups in total. The monoisotopic (exact) mass is 707 g/mol. The second-order valence-corrected chi connectivity index (χ2v) is 17.7. The van der Waals surface area contributed by atoms with Crippen LogP contribution >= 0.6 is 0 Å². The van der Waals surface area contributed by atoms with Crippen LogP contribution in [0.15, 0.2) is 42.7 Å². The highest BCUT2D eigenvalue weighted by Gasteiger charge is 2.52. The Morgan fingerprint density at radius 1 is 0.769 bits per heavy atom. The number of hydrogen-bond acceptors (Lipinski definition) is 7. The maximum Gasteiger partial charge on any atom is 0.410 e. The number of amides is 2. The first-order valence-electron chi connectivity index (χ1n) is 19.2. The molecule has 0 radical (unpaired) electrons. The zero-order chi connectivity index (χ0) is 36.5. The molecule has 11 heteroatoms. The molecule has 276 valence electrons. The van der Waals surface area contributed by atoms with Crippen molar-refractivity contribution in [3.05, 3.63) is 65.8 Å². The molecule has 2 amide bonds. The quantitative estimate of drug-likeness (QED) is 0.212. The molecule has 1 unspecified atom stereocenters. The number of carbonyl (C=O) groups excluding carboxylic acids is 2. The van der Waals surface area contributed by atoms with Gasteiger partial charge in [0.1, 0.15) is 22.9 Å². The number of aromatic amines is 2. The molecule has 4 aromatic rings. The van der Waals surface area contributed by atoms with Gasteiger partial charge >= 0.3 is 12.2 Å². The second-order valence-electron chi connectivity index (χ2n) is 17.7. The van der Waals surface area contributed by atoms with Crippen LogP contribution in [0.3, 0.4) is 0 Å². The van der Waals surface area contributed by atoms with Crippen molar-refractivity contribution >= 4 is 23.1 Å². The number of benzene rings is 1. The summed E-state index contributed by atoms with van der Waals surface area (Å²) in [6, 6.07) is 10.7. The van der Waals surface area contributed by atoms with Crippen molar-refractivity contribution in [1.29, 1.82) is 0 Å². The van der Waals surface area contributed by atoms with Gasteiger partial charge in [-0.3, -0.25) is 14.8 Å². The number of rotatable bonds is 5. The Morgan fingerprint density at radius 2 is 1.37 bits per heavy atom. The molecule has 1 aromatic carbocycles. The van der Waals surface area contributed by atoms with Gasteiger partial charge in [-0.05, 0) is 124 Å². The van der Waals surface area contributed by atoms with Gasteiger partial charge in [-0.1, -0.05) is 12.1 Å². The van der Waals surface area contributed by atoms with Crippen LogP contribution in [-0.2, 0) is 20.3 Å². The van der Waals surface area contributed by atoms with E-state index < -0.39 is 11.2 Å². The van der Waals surface area contributed by atoms with E-state index in [9.17, 15) is 9.59 Å². The molecule has 9 rings (SSSR count). The Kier molecular flexibility index (Phi) is 8.41. The third-order valence-corrected chi connectivity index (χ3v) is 11.9. The summed E-state index contributed by atoms with van der Waals surface area (Å²) in [5, 5.41) is 1.09. The summed E-state index contributed by atoms with van der Waals surface area (Å²) < 4.78 is 11.4. The maximum atomic E-state index is 13.0. The summed E-state index contributed by atoms with van der Waals surface area (Å²) in [6.45, 7) is 12.8. The lowest BCUT2D eigenvalue weighted by Crippen LogP contribution is -2.47. The van der Waals surface area contributed by atoms with E-state index in [0.717, 1.165) is 98.0 Å². The summed E-state index contributed by atoms with van der Waals surface area (Å²) >= 11 is 0. The number of nitrogens with one attached hydrogen (secondary N) is 2. The van der Waals surface area contributed by atoms with Crippen LogP contribution in [0.2, 0.25) is 0 Å². The smallest absolute Gasteiger partial charge is 0.410 e. The summed E-state index contributed by atoms with van der Waals surface area (Å²) in [5.41, 5.74) is 4.44. The fourth-order valence-corrected chi connectivity index (χ4v) is 9.16. The van der Waals surface area contributed by atoms with Crippen LogP contribution in [0.1, 0.15) is 141 Å². The van der Waals surface area contributed by atoms with E-state index in [1.807, 2.05) is 58.8 Å². The van der Waals surface area contributed by atoms with Gasteiger partial charge in [-0.2, -0.15) is 0 Å². The van der Waals surface area contributed by atoms with E-state index in [0.29, 0.717) is 13.1 Å². The van der Waals surface area contributed by atoms with E-state index in [2.05, 4.69) is 40.3 Å². The van der Waals surface area contributed by atoms with Crippen molar-refractivity contribution in [2.45, 2.75) is 140 Å². The van der Waals surface area contributed by atoms with Gasteiger partial charge in [0.05, 0.1) is 23.3 Å². The molecule has 11 nitrogen and oxygen atoms in total. The summed E-state index contributed by atoms with van der Waals surface area (Å²) in [6.07, 6.45) is 13.7. The molecule has 2 bridgehead atoms. The van der Waals surface area contributed by atoms with Gasteiger partial charge in [0.2, 0.25) is 0 Å². The molecule has 5 aliphatic rings. The third kappa shape index (κ3) is 6.45. The number of imidazole rings is 2. The van der Waals surface area contributed by atoms with E-state index in [4.69, 9.17) is 24.4 Å². The predicted molar refractivity (Wildman–Crippen MR) is 199 cm³/mol. The number of likely N-dealkylation sites (tertiary alicyclic amines) is 2. The van der Waals surface area contributed by atoms with Crippen molar-refractivity contribution in [3.8, 4) is 11.3 Å². The van der Waals surface area contributed by atoms with Crippen molar-refractivity contribution in [2.24, 2.45) is 0 Å². The van der Waals surface area contributed by atoms with E-state index >= 15 is 0 Å². The molecule has 3 aliphatic carbocycles. The first kappa shape index (κ1) is 34.7. The first-order chi connectivity index (χ1) is 24.7. The van der Waals surface area contributed by atoms with Crippen LogP contribution in [0.5, 0.6) is 0 Å². The molecule has 2 saturated heterocycles. The number of fused-ring (bicyclic) bond motifs is 4. The van der Waals surface area contributed by atoms with Crippen LogP contribution in [0.4, 0.5) is 9.59 Å². The minimum Gasteiger partial charge on any atom is -0.444 e. The minimum absolute atomic E-state index is 0.0644. The minimum atomic E-state index is -0.537. The summed E-state index contributed by atoms with van der Waals surface area (Å²) in [7, 11) is 0. The Labute approximate surface area is 306 Å². The predicted octanol–water partition coefficient (Wildman–Crippen LogP) is 9.04. The number of H-pyrrole nitrogens is 2. The van der Waals surface area contributed by atoms with Crippen LogP contribution < -0.4 is 0 Å². The molecule has 5 heterocycles. The molecule has 2 aliphatic heterocycles. The number of ether oxygens (including phenoxy) is 2.